The van der Waals surface area contributed by atoms with Crippen LogP contribution in [-0.4, -0.2) is 42.3 Å². The maximum Gasteiger partial charge on any atom is 0.407 e. The molecule has 3 rings (SSSR count). The van der Waals surface area contributed by atoms with E-state index in [9.17, 15) is 18.8 Å². The fourth-order valence-corrected chi connectivity index (χ4v) is 2.62. The summed E-state index contributed by atoms with van der Waals surface area (Å²) in [5.74, 6) is -1.19. The van der Waals surface area contributed by atoms with Gasteiger partial charge >= 0.3 is 6.09 Å². The minimum absolute atomic E-state index is 0.153. The molecule has 2 aromatic rings. The molecule has 6 nitrogen and oxygen atoms in total. The summed E-state index contributed by atoms with van der Waals surface area (Å²) in [7, 11) is 0. The van der Waals surface area contributed by atoms with Crippen molar-refractivity contribution >= 4 is 18.3 Å². The van der Waals surface area contributed by atoms with Crippen molar-refractivity contribution in [3.05, 3.63) is 71.0 Å². The molecule has 0 unspecified atom stereocenters. The van der Waals surface area contributed by atoms with E-state index < -0.39 is 17.8 Å². The lowest BCUT2D eigenvalue weighted by atomic mass is 10.0. The van der Waals surface area contributed by atoms with Crippen LogP contribution < -0.4 is 5.32 Å². The van der Waals surface area contributed by atoms with Crippen LogP contribution in [0.3, 0.4) is 0 Å². The van der Waals surface area contributed by atoms with E-state index >= 15 is 0 Å². The van der Waals surface area contributed by atoms with Crippen molar-refractivity contribution in [1.82, 2.24) is 10.2 Å². The number of halogens is 1. The van der Waals surface area contributed by atoms with E-state index in [4.69, 9.17) is 4.74 Å². The van der Waals surface area contributed by atoms with Gasteiger partial charge in [0.15, 0.2) is 0 Å². The number of ether oxygens (including phenoxy) is 1. The van der Waals surface area contributed by atoms with Gasteiger partial charge in [0.2, 0.25) is 0 Å². The average molecular weight is 356 g/mol. The van der Waals surface area contributed by atoms with Gasteiger partial charge in [-0.05, 0) is 23.8 Å². The molecule has 2 amide bonds. The first-order valence-electron chi connectivity index (χ1n) is 8.08. The minimum atomic E-state index is -0.681. The molecule has 2 aromatic carbocycles. The average Bonchev–Trinajstić information content (AvgIpc) is 2.63. The highest BCUT2D eigenvalue weighted by Gasteiger charge is 2.33. The summed E-state index contributed by atoms with van der Waals surface area (Å²) in [4.78, 5) is 36.2. The first-order chi connectivity index (χ1) is 12.6. The molecule has 1 aliphatic rings. The van der Waals surface area contributed by atoms with Crippen LogP contribution in [0.1, 0.15) is 26.3 Å². The van der Waals surface area contributed by atoms with Crippen LogP contribution in [0.2, 0.25) is 0 Å². The summed E-state index contributed by atoms with van der Waals surface area (Å²) in [6.07, 6.45) is -0.0144. The van der Waals surface area contributed by atoms with E-state index in [0.29, 0.717) is 6.29 Å². The van der Waals surface area contributed by atoms with Crippen molar-refractivity contribution in [2.45, 2.75) is 12.6 Å². The zero-order valence-electron chi connectivity index (χ0n) is 13.9. The number of nitrogens with one attached hydrogen (secondary N) is 1. The van der Waals surface area contributed by atoms with Gasteiger partial charge in [-0.15, -0.1) is 0 Å². The lowest BCUT2D eigenvalue weighted by Gasteiger charge is -2.39. The molecule has 1 aliphatic heterocycles. The smallest absolute Gasteiger partial charge is 0.407 e. The first-order valence-corrected chi connectivity index (χ1v) is 8.08. The molecule has 0 aliphatic carbocycles. The molecule has 0 spiro atoms. The Morgan fingerprint density at radius 1 is 1.19 bits per heavy atom. The number of carbonyl (C=O) groups excluding carboxylic acids is 3. The van der Waals surface area contributed by atoms with Crippen molar-refractivity contribution in [2.24, 2.45) is 0 Å². The molecule has 26 heavy (non-hydrogen) atoms. The Hall–Kier alpha value is -3.22. The van der Waals surface area contributed by atoms with Crippen molar-refractivity contribution in [3.8, 4) is 0 Å². The largest absolute Gasteiger partial charge is 0.445 e. The maximum absolute atomic E-state index is 13.8. The van der Waals surface area contributed by atoms with Crippen LogP contribution in [0.15, 0.2) is 48.5 Å². The second-order valence-electron chi connectivity index (χ2n) is 5.97. The number of carbonyl (C=O) groups is 3. The third kappa shape index (κ3) is 4.05. The third-order valence-electron chi connectivity index (χ3n) is 4.06. The molecule has 0 atom stereocenters. The predicted octanol–water partition coefficient (Wildman–Crippen LogP) is 2.39. The van der Waals surface area contributed by atoms with Crippen LogP contribution in [0.25, 0.3) is 0 Å². The van der Waals surface area contributed by atoms with Crippen molar-refractivity contribution in [2.75, 3.05) is 13.1 Å². The van der Waals surface area contributed by atoms with Gasteiger partial charge in [0.05, 0.1) is 11.6 Å². The SMILES string of the molecule is O=Cc1ccc(F)c(C(=O)N2CC(NC(=O)OCc3ccccc3)C2)c1. The summed E-state index contributed by atoms with van der Waals surface area (Å²) in [6.45, 7) is 0.666. The monoisotopic (exact) mass is 356 g/mol. The number of amides is 2. The summed E-state index contributed by atoms with van der Waals surface area (Å²) in [5.41, 5.74) is 0.952. The molecule has 7 heteroatoms. The van der Waals surface area contributed by atoms with E-state index in [2.05, 4.69) is 5.32 Å². The van der Waals surface area contributed by atoms with Crippen molar-refractivity contribution in [3.63, 3.8) is 0 Å². The number of nitrogens with zero attached hydrogens (tertiary/aromatic N) is 1. The Morgan fingerprint density at radius 3 is 2.62 bits per heavy atom. The molecule has 1 fully saturated rings. The quantitative estimate of drug-likeness (QED) is 0.835. The zero-order valence-corrected chi connectivity index (χ0v) is 13.9. The molecule has 1 heterocycles. The molecule has 134 valence electrons. The van der Waals surface area contributed by atoms with Crippen LogP contribution >= 0.6 is 0 Å². The number of aldehydes is 1. The molecule has 1 N–H and O–H groups in total. The van der Waals surface area contributed by atoms with Gasteiger partial charge < -0.3 is 15.0 Å². The third-order valence-corrected chi connectivity index (χ3v) is 4.06. The second kappa shape index (κ2) is 7.77. The van der Waals surface area contributed by atoms with Gasteiger partial charge in [-0.1, -0.05) is 30.3 Å². The number of alkyl carbamates (subject to hydrolysis) is 1. The Labute approximate surface area is 149 Å². The lowest BCUT2D eigenvalue weighted by Crippen LogP contribution is -2.61. The van der Waals surface area contributed by atoms with E-state index in [-0.39, 0.29) is 36.9 Å². The standard InChI is InChI=1S/C19H17FN2O4/c20-17-7-6-14(11-23)8-16(17)18(24)22-9-15(10-22)21-19(25)26-12-13-4-2-1-3-5-13/h1-8,11,15H,9-10,12H2,(H,21,25). The Balaban J connectivity index is 1.47. The highest BCUT2D eigenvalue weighted by molar-refractivity contribution is 5.96. The fourth-order valence-electron chi connectivity index (χ4n) is 2.62. The molecule has 0 bridgehead atoms. The Morgan fingerprint density at radius 2 is 1.92 bits per heavy atom. The molecular weight excluding hydrogens is 339 g/mol. The van der Waals surface area contributed by atoms with E-state index in [1.54, 1.807) is 0 Å². The van der Waals surface area contributed by atoms with Gasteiger partial charge in [0, 0.05) is 18.7 Å². The van der Waals surface area contributed by atoms with Gasteiger partial charge in [0.25, 0.3) is 5.91 Å². The van der Waals surface area contributed by atoms with E-state index in [1.165, 1.54) is 17.0 Å². The van der Waals surface area contributed by atoms with E-state index in [0.717, 1.165) is 11.6 Å². The van der Waals surface area contributed by atoms with Crippen molar-refractivity contribution in [1.29, 1.82) is 0 Å². The minimum Gasteiger partial charge on any atom is -0.445 e. The Kier molecular flexibility index (Phi) is 5.26. The second-order valence-corrected chi connectivity index (χ2v) is 5.97. The number of benzene rings is 2. The highest BCUT2D eigenvalue weighted by Crippen LogP contribution is 2.17. The van der Waals surface area contributed by atoms with E-state index in [1.807, 2.05) is 30.3 Å². The number of hydrogen-bond acceptors (Lipinski definition) is 4. The van der Waals surface area contributed by atoms with Gasteiger partial charge in [-0.2, -0.15) is 0 Å². The maximum atomic E-state index is 13.8. The molecular formula is C19H17FN2O4. The Bertz CT molecular complexity index is 820. The number of rotatable bonds is 5. The lowest BCUT2D eigenvalue weighted by molar-refractivity contribution is 0.0541. The number of likely N-dealkylation sites (tertiary alicyclic amines) is 1. The molecule has 0 radical (unpaired) electrons. The first kappa shape index (κ1) is 17.6. The summed E-state index contributed by atoms with van der Waals surface area (Å²) >= 11 is 0. The van der Waals surface area contributed by atoms with Crippen LogP contribution in [0.4, 0.5) is 9.18 Å². The topological polar surface area (TPSA) is 75.7 Å². The predicted molar refractivity (Wildman–Crippen MR) is 91.2 cm³/mol. The van der Waals surface area contributed by atoms with Gasteiger partial charge in [-0.3, -0.25) is 9.59 Å². The van der Waals surface area contributed by atoms with Gasteiger partial charge in [-0.25, -0.2) is 9.18 Å². The summed E-state index contributed by atoms with van der Waals surface area (Å²) in [5, 5.41) is 2.66. The zero-order chi connectivity index (χ0) is 18.5. The fraction of sp³-hybridized carbons (Fsp3) is 0.211. The summed E-state index contributed by atoms with van der Waals surface area (Å²) in [6, 6.07) is 12.6. The molecule has 1 saturated heterocycles. The highest BCUT2D eigenvalue weighted by atomic mass is 19.1. The van der Waals surface area contributed by atoms with Crippen molar-refractivity contribution < 1.29 is 23.5 Å². The van der Waals surface area contributed by atoms with Crippen LogP contribution in [0.5, 0.6) is 0 Å². The van der Waals surface area contributed by atoms with Crippen LogP contribution in [0, 0.1) is 5.82 Å². The number of hydrogen-bond donors (Lipinski definition) is 1. The summed E-state index contributed by atoms with van der Waals surface area (Å²) < 4.78 is 18.9. The van der Waals surface area contributed by atoms with Gasteiger partial charge in [0.1, 0.15) is 18.7 Å². The molecule has 0 aromatic heterocycles. The van der Waals surface area contributed by atoms with Crippen LogP contribution in [-0.2, 0) is 11.3 Å². The normalized spacial score (nSPS) is 13.7. The molecule has 0 saturated carbocycles.